The largest absolute Gasteiger partial charge is 0.496 e. The molecule has 0 fully saturated rings. The number of carbonyl (C=O) groups excluding carboxylic acids is 1. The fourth-order valence-corrected chi connectivity index (χ4v) is 2.03. The van der Waals surface area contributed by atoms with Crippen molar-refractivity contribution >= 4 is 17.7 Å². The average Bonchev–Trinajstić information content (AvgIpc) is 2.41. The van der Waals surface area contributed by atoms with Crippen LogP contribution in [-0.2, 0) is 11.3 Å². The van der Waals surface area contributed by atoms with Crippen LogP contribution < -0.4 is 15.4 Å². The first-order valence-corrected chi connectivity index (χ1v) is 7.62. The lowest BCUT2D eigenvalue weighted by Gasteiger charge is -2.21. The van der Waals surface area contributed by atoms with Crippen LogP contribution in [0, 0.1) is 0 Å². The predicted molar refractivity (Wildman–Crippen MR) is 88.5 cm³/mol. The highest BCUT2D eigenvalue weighted by Crippen LogP contribution is 2.25. The van der Waals surface area contributed by atoms with E-state index in [0.29, 0.717) is 18.1 Å². The lowest BCUT2D eigenvalue weighted by molar-refractivity contribution is 0.0523. The molecule has 0 heterocycles. The lowest BCUT2D eigenvalue weighted by atomic mass is 10.2. The van der Waals surface area contributed by atoms with Crippen molar-refractivity contribution in [3.05, 3.63) is 28.8 Å². The number of benzene rings is 1. The molecule has 0 saturated carbocycles. The summed E-state index contributed by atoms with van der Waals surface area (Å²) in [5.41, 5.74) is 0.405. The SMILES string of the molecule is COc1cccc(Cl)c1CNC(C)CNC(=O)OC(C)(C)C. The minimum Gasteiger partial charge on any atom is -0.496 e. The molecule has 0 spiro atoms. The Morgan fingerprint density at radius 2 is 2.05 bits per heavy atom. The van der Waals surface area contributed by atoms with Crippen LogP contribution >= 0.6 is 11.6 Å². The van der Waals surface area contributed by atoms with E-state index in [9.17, 15) is 4.79 Å². The molecule has 1 atom stereocenters. The zero-order valence-electron chi connectivity index (χ0n) is 13.8. The van der Waals surface area contributed by atoms with E-state index in [2.05, 4.69) is 10.6 Å². The van der Waals surface area contributed by atoms with E-state index in [4.69, 9.17) is 21.1 Å². The molecule has 0 aliphatic heterocycles. The Morgan fingerprint density at radius 3 is 2.64 bits per heavy atom. The van der Waals surface area contributed by atoms with Crippen molar-refractivity contribution in [1.29, 1.82) is 0 Å². The summed E-state index contributed by atoms with van der Waals surface area (Å²) in [5.74, 6) is 0.743. The van der Waals surface area contributed by atoms with Gasteiger partial charge in [-0.1, -0.05) is 17.7 Å². The summed E-state index contributed by atoms with van der Waals surface area (Å²) < 4.78 is 10.5. The molecule has 0 bridgehead atoms. The summed E-state index contributed by atoms with van der Waals surface area (Å²) >= 11 is 6.18. The molecular weight excluding hydrogens is 304 g/mol. The second kappa shape index (κ2) is 8.25. The number of amides is 1. The summed E-state index contributed by atoms with van der Waals surface area (Å²) in [6.45, 7) is 8.48. The molecule has 22 heavy (non-hydrogen) atoms. The van der Waals surface area contributed by atoms with Crippen molar-refractivity contribution < 1.29 is 14.3 Å². The van der Waals surface area contributed by atoms with Gasteiger partial charge in [0, 0.05) is 29.7 Å². The number of methoxy groups -OCH3 is 1. The van der Waals surface area contributed by atoms with E-state index in [-0.39, 0.29) is 6.04 Å². The van der Waals surface area contributed by atoms with Gasteiger partial charge < -0.3 is 20.1 Å². The first-order valence-electron chi connectivity index (χ1n) is 7.24. The van der Waals surface area contributed by atoms with E-state index in [1.165, 1.54) is 0 Å². The topological polar surface area (TPSA) is 59.6 Å². The minimum absolute atomic E-state index is 0.0634. The Bertz CT molecular complexity index is 501. The van der Waals surface area contributed by atoms with Crippen LogP contribution in [0.5, 0.6) is 5.75 Å². The fraction of sp³-hybridized carbons (Fsp3) is 0.562. The van der Waals surface area contributed by atoms with Gasteiger partial charge in [-0.2, -0.15) is 0 Å². The van der Waals surface area contributed by atoms with Gasteiger partial charge in [0.05, 0.1) is 7.11 Å². The normalized spacial score (nSPS) is 12.6. The van der Waals surface area contributed by atoms with Crippen molar-refractivity contribution in [2.75, 3.05) is 13.7 Å². The molecule has 124 valence electrons. The Balaban J connectivity index is 2.44. The zero-order chi connectivity index (χ0) is 16.8. The third kappa shape index (κ3) is 6.54. The molecule has 0 aromatic heterocycles. The van der Waals surface area contributed by atoms with Gasteiger partial charge in [-0.25, -0.2) is 4.79 Å². The maximum atomic E-state index is 11.6. The number of alkyl carbamates (subject to hydrolysis) is 1. The molecular formula is C16H25ClN2O3. The molecule has 0 radical (unpaired) electrons. The summed E-state index contributed by atoms with van der Waals surface area (Å²) in [7, 11) is 1.61. The molecule has 2 N–H and O–H groups in total. The standard InChI is InChI=1S/C16H25ClN2O3/c1-11(9-19-15(20)22-16(2,3)4)18-10-12-13(17)7-6-8-14(12)21-5/h6-8,11,18H,9-10H2,1-5H3,(H,19,20). The summed E-state index contributed by atoms with van der Waals surface area (Å²) in [5, 5.41) is 6.68. The number of ether oxygens (including phenoxy) is 2. The van der Waals surface area contributed by atoms with Crippen LogP contribution in [0.15, 0.2) is 18.2 Å². The highest BCUT2D eigenvalue weighted by Gasteiger charge is 2.16. The van der Waals surface area contributed by atoms with Gasteiger partial charge in [0.1, 0.15) is 11.4 Å². The molecule has 5 nitrogen and oxygen atoms in total. The third-order valence-corrected chi connectivity index (χ3v) is 3.23. The van der Waals surface area contributed by atoms with Crippen LogP contribution in [0.1, 0.15) is 33.3 Å². The molecule has 0 aliphatic carbocycles. The number of halogens is 1. The van der Waals surface area contributed by atoms with Gasteiger partial charge in [0.25, 0.3) is 0 Å². The first kappa shape index (κ1) is 18.6. The Morgan fingerprint density at radius 1 is 1.36 bits per heavy atom. The van der Waals surface area contributed by atoms with Crippen LogP contribution in [0.25, 0.3) is 0 Å². The van der Waals surface area contributed by atoms with Crippen molar-refractivity contribution in [3.63, 3.8) is 0 Å². The van der Waals surface area contributed by atoms with Gasteiger partial charge in [-0.05, 0) is 39.8 Å². The minimum atomic E-state index is -0.494. The highest BCUT2D eigenvalue weighted by molar-refractivity contribution is 6.31. The fourth-order valence-electron chi connectivity index (χ4n) is 1.80. The molecule has 1 amide bonds. The molecule has 1 rings (SSSR count). The van der Waals surface area contributed by atoms with Crippen LogP contribution in [0.2, 0.25) is 5.02 Å². The van der Waals surface area contributed by atoms with Crippen molar-refractivity contribution in [1.82, 2.24) is 10.6 Å². The number of hydrogen-bond donors (Lipinski definition) is 2. The quantitative estimate of drug-likeness (QED) is 0.840. The van der Waals surface area contributed by atoms with Crippen LogP contribution in [0.4, 0.5) is 4.79 Å². The Labute approximate surface area is 137 Å². The second-order valence-corrected chi connectivity index (χ2v) is 6.49. The monoisotopic (exact) mass is 328 g/mol. The molecule has 1 aromatic carbocycles. The van der Waals surface area contributed by atoms with Gasteiger partial charge in [-0.15, -0.1) is 0 Å². The van der Waals surface area contributed by atoms with Gasteiger partial charge in [-0.3, -0.25) is 0 Å². The van der Waals surface area contributed by atoms with Gasteiger partial charge >= 0.3 is 6.09 Å². The smallest absolute Gasteiger partial charge is 0.407 e. The van der Waals surface area contributed by atoms with Crippen LogP contribution in [0.3, 0.4) is 0 Å². The third-order valence-electron chi connectivity index (χ3n) is 2.87. The number of rotatable bonds is 6. The van der Waals surface area contributed by atoms with E-state index in [1.54, 1.807) is 7.11 Å². The first-order chi connectivity index (χ1) is 10.2. The Kier molecular flexibility index (Phi) is 6.97. The van der Waals surface area contributed by atoms with Gasteiger partial charge in [0.15, 0.2) is 0 Å². The van der Waals surface area contributed by atoms with E-state index in [0.717, 1.165) is 11.3 Å². The van der Waals surface area contributed by atoms with Crippen molar-refractivity contribution in [2.45, 2.75) is 45.9 Å². The maximum Gasteiger partial charge on any atom is 0.407 e. The molecule has 1 aromatic rings. The van der Waals surface area contributed by atoms with E-state index < -0.39 is 11.7 Å². The lowest BCUT2D eigenvalue weighted by Crippen LogP contribution is -2.41. The van der Waals surface area contributed by atoms with Gasteiger partial charge in [0.2, 0.25) is 0 Å². The predicted octanol–water partition coefficient (Wildman–Crippen LogP) is 3.35. The van der Waals surface area contributed by atoms with E-state index >= 15 is 0 Å². The number of nitrogens with one attached hydrogen (secondary N) is 2. The van der Waals surface area contributed by atoms with Crippen molar-refractivity contribution in [3.8, 4) is 5.75 Å². The maximum absolute atomic E-state index is 11.6. The molecule has 0 aliphatic rings. The molecule has 0 saturated heterocycles. The van der Waals surface area contributed by atoms with E-state index in [1.807, 2.05) is 45.9 Å². The number of carbonyl (C=O) groups is 1. The molecule has 1 unspecified atom stereocenters. The molecule has 6 heteroatoms. The Hall–Kier alpha value is -1.46. The summed E-state index contributed by atoms with van der Waals surface area (Å²) in [6.07, 6.45) is -0.420. The van der Waals surface area contributed by atoms with Crippen molar-refractivity contribution in [2.24, 2.45) is 0 Å². The van der Waals surface area contributed by atoms with Crippen LogP contribution in [-0.4, -0.2) is 31.4 Å². The zero-order valence-corrected chi connectivity index (χ0v) is 14.6. The highest BCUT2D eigenvalue weighted by atomic mass is 35.5. The number of hydrogen-bond acceptors (Lipinski definition) is 4. The average molecular weight is 329 g/mol. The second-order valence-electron chi connectivity index (χ2n) is 6.09. The summed E-state index contributed by atoms with van der Waals surface area (Å²) in [6, 6.07) is 5.60. The summed E-state index contributed by atoms with van der Waals surface area (Å²) in [4.78, 5) is 11.6.